The van der Waals surface area contributed by atoms with Gasteiger partial charge in [0.15, 0.2) is 0 Å². The molecule has 1 aliphatic carbocycles. The monoisotopic (exact) mass is 608 g/mol. The summed E-state index contributed by atoms with van der Waals surface area (Å²) < 4.78 is 11.1. The molecule has 44 heavy (non-hydrogen) atoms. The Morgan fingerprint density at radius 2 is 1.55 bits per heavy atom. The van der Waals surface area contributed by atoms with Crippen LogP contribution in [0.25, 0.3) is 0 Å². The number of amides is 2. The van der Waals surface area contributed by atoms with Gasteiger partial charge in [-0.05, 0) is 83.4 Å². The quantitative estimate of drug-likeness (QED) is 0.268. The summed E-state index contributed by atoms with van der Waals surface area (Å²) in [7, 11) is 0. The van der Waals surface area contributed by atoms with Crippen LogP contribution < -0.4 is 5.32 Å². The minimum Gasteiger partial charge on any atom is -0.480 e. The highest BCUT2D eigenvalue weighted by Crippen LogP contribution is 2.36. The van der Waals surface area contributed by atoms with Crippen LogP contribution in [0.3, 0.4) is 0 Å². The van der Waals surface area contributed by atoms with Crippen molar-refractivity contribution in [1.29, 1.82) is 0 Å². The number of esters is 1. The maximum Gasteiger partial charge on any atom is 0.411 e. The van der Waals surface area contributed by atoms with Crippen molar-refractivity contribution in [3.8, 4) is 0 Å². The minimum absolute atomic E-state index is 0.0115. The average molecular weight is 609 g/mol. The van der Waals surface area contributed by atoms with Crippen molar-refractivity contribution >= 4 is 23.9 Å². The van der Waals surface area contributed by atoms with Gasteiger partial charge in [-0.15, -0.1) is 0 Å². The first-order chi connectivity index (χ1) is 20.7. The molecule has 2 N–H and O–H groups in total. The molecule has 1 saturated carbocycles. The van der Waals surface area contributed by atoms with Crippen LogP contribution in [0.1, 0.15) is 103 Å². The number of carbonyl (C=O) groups excluding carboxylic acids is 3. The standard InChI is InChI=1S/C35H48N2O7/c1-34(2,3)37(33(42)43-23-24-14-8-7-9-15-24)29(20-21-30(38)44-35(4,5)6)31(39)36-28(32(40)41)22-26-18-12-13-19-27(26)25-16-10-11-17-25/h7-9,12-15,18-19,25,28-29H,10-11,16-17,20-23H2,1-6H3,(H,36,39)(H,40,41)/t28-,29-/m0/s1. The highest BCUT2D eigenvalue weighted by atomic mass is 16.6. The third-order valence-electron chi connectivity index (χ3n) is 7.67. The van der Waals surface area contributed by atoms with E-state index in [0.29, 0.717) is 5.92 Å². The van der Waals surface area contributed by atoms with E-state index in [-0.39, 0.29) is 25.9 Å². The summed E-state index contributed by atoms with van der Waals surface area (Å²) >= 11 is 0. The van der Waals surface area contributed by atoms with Crippen molar-refractivity contribution in [3.05, 3.63) is 71.3 Å². The van der Waals surface area contributed by atoms with Crippen molar-refractivity contribution in [2.24, 2.45) is 0 Å². The number of ether oxygens (including phenoxy) is 2. The molecule has 1 fully saturated rings. The number of aliphatic carboxylic acids is 1. The fourth-order valence-electron chi connectivity index (χ4n) is 5.73. The molecule has 0 radical (unpaired) electrons. The SMILES string of the molecule is CC(C)(C)OC(=O)CC[C@@H](C(=O)N[C@@H](Cc1ccccc1C1CCCC1)C(=O)O)N(C(=O)OCc1ccccc1)C(C)(C)C. The summed E-state index contributed by atoms with van der Waals surface area (Å²) in [4.78, 5) is 54.0. The van der Waals surface area contributed by atoms with E-state index in [4.69, 9.17) is 9.47 Å². The Bertz CT molecular complexity index is 1270. The van der Waals surface area contributed by atoms with Gasteiger partial charge in [-0.1, -0.05) is 67.4 Å². The third-order valence-corrected chi connectivity index (χ3v) is 7.67. The van der Waals surface area contributed by atoms with E-state index in [2.05, 4.69) is 5.32 Å². The van der Waals surface area contributed by atoms with Crippen LogP contribution in [0, 0.1) is 0 Å². The second-order valence-electron chi connectivity index (χ2n) is 13.5. The summed E-state index contributed by atoms with van der Waals surface area (Å²) in [6.07, 6.45) is 3.50. The van der Waals surface area contributed by atoms with Crippen molar-refractivity contribution in [1.82, 2.24) is 10.2 Å². The lowest BCUT2D eigenvalue weighted by atomic mass is 9.90. The Kier molecular flexibility index (Phi) is 12.0. The summed E-state index contributed by atoms with van der Waals surface area (Å²) in [5, 5.41) is 12.9. The Morgan fingerprint density at radius 1 is 0.932 bits per heavy atom. The van der Waals surface area contributed by atoms with Crippen LogP contribution in [0.2, 0.25) is 0 Å². The molecular formula is C35H48N2O7. The molecule has 0 heterocycles. The van der Waals surface area contributed by atoms with Crippen LogP contribution in [0.5, 0.6) is 0 Å². The Morgan fingerprint density at radius 3 is 2.14 bits per heavy atom. The lowest BCUT2D eigenvalue weighted by Crippen LogP contribution is -2.59. The maximum atomic E-state index is 14.0. The van der Waals surface area contributed by atoms with Crippen molar-refractivity contribution in [2.75, 3.05) is 0 Å². The minimum atomic E-state index is -1.24. The zero-order valence-electron chi connectivity index (χ0n) is 26.9. The van der Waals surface area contributed by atoms with Crippen LogP contribution in [0.4, 0.5) is 4.79 Å². The first kappa shape index (κ1) is 34.6. The number of benzene rings is 2. The van der Waals surface area contributed by atoms with Crippen LogP contribution in [-0.4, -0.2) is 57.2 Å². The van der Waals surface area contributed by atoms with Gasteiger partial charge in [0.1, 0.15) is 24.3 Å². The zero-order chi connectivity index (χ0) is 32.5. The molecule has 0 spiro atoms. The average Bonchev–Trinajstić information content (AvgIpc) is 3.47. The van der Waals surface area contributed by atoms with Crippen molar-refractivity contribution in [3.63, 3.8) is 0 Å². The molecular weight excluding hydrogens is 560 g/mol. The Hall–Kier alpha value is -3.88. The maximum absolute atomic E-state index is 14.0. The molecule has 0 aromatic heterocycles. The molecule has 2 aromatic carbocycles. The number of carbonyl (C=O) groups is 4. The van der Waals surface area contributed by atoms with E-state index >= 15 is 0 Å². The second-order valence-corrected chi connectivity index (χ2v) is 13.5. The summed E-state index contributed by atoms with van der Waals surface area (Å²) in [5.74, 6) is -2.01. The molecule has 2 aromatic rings. The van der Waals surface area contributed by atoms with Gasteiger partial charge >= 0.3 is 18.0 Å². The molecule has 0 saturated heterocycles. The highest BCUT2D eigenvalue weighted by Gasteiger charge is 2.40. The van der Waals surface area contributed by atoms with Gasteiger partial charge in [0, 0.05) is 18.4 Å². The summed E-state index contributed by atoms with van der Waals surface area (Å²) in [6, 6.07) is 14.5. The lowest BCUT2D eigenvalue weighted by Gasteiger charge is -2.40. The van der Waals surface area contributed by atoms with Gasteiger partial charge in [0.2, 0.25) is 5.91 Å². The van der Waals surface area contributed by atoms with Gasteiger partial charge in [0.05, 0.1) is 0 Å². The smallest absolute Gasteiger partial charge is 0.411 e. The topological polar surface area (TPSA) is 122 Å². The molecule has 240 valence electrons. The number of nitrogens with zero attached hydrogens (tertiary/aromatic N) is 1. The number of hydrogen-bond acceptors (Lipinski definition) is 6. The Balaban J connectivity index is 1.88. The second kappa shape index (κ2) is 15.2. The summed E-state index contributed by atoms with van der Waals surface area (Å²) in [6.45, 7) is 10.5. The summed E-state index contributed by atoms with van der Waals surface area (Å²) in [5.41, 5.74) is 1.14. The van der Waals surface area contributed by atoms with E-state index in [9.17, 15) is 24.3 Å². The van der Waals surface area contributed by atoms with Gasteiger partial charge in [-0.25, -0.2) is 9.59 Å². The van der Waals surface area contributed by atoms with Crippen LogP contribution in [0.15, 0.2) is 54.6 Å². The molecule has 0 bridgehead atoms. The number of nitrogens with one attached hydrogen (secondary N) is 1. The van der Waals surface area contributed by atoms with Gasteiger partial charge in [-0.3, -0.25) is 14.5 Å². The third kappa shape index (κ3) is 10.4. The molecule has 3 rings (SSSR count). The number of carboxylic acid groups (broad SMARTS) is 1. The number of rotatable bonds is 12. The van der Waals surface area contributed by atoms with Gasteiger partial charge in [0.25, 0.3) is 0 Å². The lowest BCUT2D eigenvalue weighted by molar-refractivity contribution is -0.155. The van der Waals surface area contributed by atoms with E-state index in [1.54, 1.807) is 41.5 Å². The molecule has 0 aliphatic heterocycles. The molecule has 9 heteroatoms. The number of carboxylic acids is 1. The van der Waals surface area contributed by atoms with E-state index in [1.807, 2.05) is 54.6 Å². The molecule has 0 unspecified atom stereocenters. The van der Waals surface area contributed by atoms with Crippen molar-refractivity contribution < 1.29 is 33.8 Å². The predicted molar refractivity (Wildman–Crippen MR) is 168 cm³/mol. The molecule has 9 nitrogen and oxygen atoms in total. The first-order valence-electron chi connectivity index (χ1n) is 15.5. The molecule has 1 aliphatic rings. The van der Waals surface area contributed by atoms with Crippen LogP contribution in [-0.2, 0) is 36.9 Å². The zero-order valence-corrected chi connectivity index (χ0v) is 26.9. The van der Waals surface area contributed by atoms with E-state index in [0.717, 1.165) is 42.4 Å². The normalized spacial score (nSPS) is 15.2. The van der Waals surface area contributed by atoms with E-state index in [1.165, 1.54) is 4.90 Å². The number of hydrogen-bond donors (Lipinski definition) is 2. The first-order valence-corrected chi connectivity index (χ1v) is 15.5. The predicted octanol–water partition coefficient (Wildman–Crippen LogP) is 6.38. The largest absolute Gasteiger partial charge is 0.480 e. The van der Waals surface area contributed by atoms with Crippen molar-refractivity contribution in [2.45, 2.75) is 122 Å². The highest BCUT2D eigenvalue weighted by molar-refractivity contribution is 5.90. The fourth-order valence-corrected chi connectivity index (χ4v) is 5.73. The molecule has 2 atom stereocenters. The van der Waals surface area contributed by atoms with Crippen LogP contribution >= 0.6 is 0 Å². The van der Waals surface area contributed by atoms with Gasteiger partial charge < -0.3 is 19.9 Å². The van der Waals surface area contributed by atoms with Gasteiger partial charge in [-0.2, -0.15) is 0 Å². The Labute approximate surface area is 261 Å². The molecule has 2 amide bonds. The van der Waals surface area contributed by atoms with E-state index < -0.39 is 47.2 Å². The fraction of sp³-hybridized carbons (Fsp3) is 0.543.